The fourth-order valence-electron chi connectivity index (χ4n) is 9.53. The lowest BCUT2D eigenvalue weighted by molar-refractivity contribution is 0.487. The molecule has 3 heterocycles. The van der Waals surface area contributed by atoms with Gasteiger partial charge in [-0.1, -0.05) is 151 Å². The number of fused-ring (bicyclic) bond motifs is 9. The average molecular weight is 766 g/mol. The molecule has 268 valence electrons. The van der Waals surface area contributed by atoms with Crippen molar-refractivity contribution in [3.63, 3.8) is 0 Å². The van der Waals surface area contributed by atoms with Gasteiger partial charge in [0.25, 0.3) is 0 Å². The van der Waals surface area contributed by atoms with E-state index in [1.165, 1.54) is 53.3 Å². The molecule has 5 heteroatoms. The van der Waals surface area contributed by atoms with E-state index in [0.29, 0.717) is 5.02 Å². The summed E-state index contributed by atoms with van der Waals surface area (Å²) in [6.45, 7) is 0. The highest BCUT2D eigenvalue weighted by atomic mass is 35.5. The first-order valence-electron chi connectivity index (χ1n) is 19.3. The van der Waals surface area contributed by atoms with Crippen molar-refractivity contribution < 1.29 is 9.15 Å². The van der Waals surface area contributed by atoms with Gasteiger partial charge < -0.3 is 13.7 Å². The van der Waals surface area contributed by atoms with Crippen LogP contribution in [0.3, 0.4) is 0 Å². The van der Waals surface area contributed by atoms with Gasteiger partial charge in [0.1, 0.15) is 22.7 Å². The number of furan rings is 1. The van der Waals surface area contributed by atoms with Crippen LogP contribution in [0.15, 0.2) is 199 Å². The van der Waals surface area contributed by atoms with Crippen LogP contribution in [0.5, 0.6) is 11.5 Å². The number of rotatable bonds is 4. The maximum Gasteiger partial charge on any atom is 0.188 e. The van der Waals surface area contributed by atoms with Crippen molar-refractivity contribution in [1.29, 1.82) is 0 Å². The van der Waals surface area contributed by atoms with Crippen molar-refractivity contribution >= 4 is 94.9 Å². The van der Waals surface area contributed by atoms with Crippen molar-refractivity contribution in [2.24, 2.45) is 0 Å². The van der Waals surface area contributed by atoms with Crippen LogP contribution in [-0.4, -0.2) is 12.6 Å². The van der Waals surface area contributed by atoms with Crippen LogP contribution in [0.2, 0.25) is 5.02 Å². The zero-order valence-corrected chi connectivity index (χ0v) is 32.4. The number of hydrogen-bond acceptors (Lipinski definition) is 2. The molecule has 57 heavy (non-hydrogen) atoms. The molecule has 0 fully saturated rings. The standard InChI is InChI=1S/C52H32ClNO2Si/c53-36-24-29-51-49(32-36)56-47-17-7-8-19-50(47)57(51,38-26-21-33(22-27-38)40-13-9-18-48-52(40)43-12-3-6-16-46(43)55-48)39-28-23-34-30-37(25-20-35(34)31-39)54-44-14-4-1-10-41(44)42-11-2-5-15-45(42)54/h1-32H. The molecule has 9 aromatic carbocycles. The molecule has 3 nitrogen and oxygen atoms in total. The zero-order chi connectivity index (χ0) is 37.7. The van der Waals surface area contributed by atoms with E-state index in [4.69, 9.17) is 20.8 Å². The van der Waals surface area contributed by atoms with Gasteiger partial charge in [-0.25, -0.2) is 0 Å². The second-order valence-electron chi connectivity index (χ2n) is 15.0. The van der Waals surface area contributed by atoms with E-state index in [2.05, 4.69) is 174 Å². The third-order valence-corrected chi connectivity index (χ3v) is 17.0. The van der Waals surface area contributed by atoms with Crippen molar-refractivity contribution in [1.82, 2.24) is 4.57 Å². The van der Waals surface area contributed by atoms with Gasteiger partial charge in [0.05, 0.1) is 11.0 Å². The molecule has 1 atom stereocenters. The third kappa shape index (κ3) is 4.72. The molecule has 0 saturated heterocycles. The van der Waals surface area contributed by atoms with Gasteiger partial charge in [0, 0.05) is 32.3 Å². The molecule has 0 amide bonds. The molecule has 11 aromatic rings. The van der Waals surface area contributed by atoms with Crippen LogP contribution in [0, 0.1) is 0 Å². The summed E-state index contributed by atoms with van der Waals surface area (Å²) in [5.74, 6) is 1.69. The molecule has 0 aliphatic carbocycles. The molecule has 0 radical (unpaired) electrons. The monoisotopic (exact) mass is 765 g/mol. The van der Waals surface area contributed by atoms with E-state index >= 15 is 0 Å². The summed E-state index contributed by atoms with van der Waals surface area (Å²) in [6.07, 6.45) is 0. The van der Waals surface area contributed by atoms with Crippen molar-refractivity contribution in [3.05, 3.63) is 199 Å². The fraction of sp³-hybridized carbons (Fsp3) is 0. The molecular weight excluding hydrogens is 734 g/mol. The van der Waals surface area contributed by atoms with Crippen LogP contribution < -0.4 is 25.5 Å². The summed E-state index contributed by atoms with van der Waals surface area (Å²) in [6, 6.07) is 70.0. The Morgan fingerprint density at radius 2 is 1.11 bits per heavy atom. The second kappa shape index (κ2) is 12.3. The topological polar surface area (TPSA) is 27.3 Å². The number of ether oxygens (including phenoxy) is 1. The van der Waals surface area contributed by atoms with E-state index in [-0.39, 0.29) is 0 Å². The molecule has 1 unspecified atom stereocenters. The minimum absolute atomic E-state index is 0.655. The summed E-state index contributed by atoms with van der Waals surface area (Å²) in [4.78, 5) is 0. The maximum atomic E-state index is 6.69. The Morgan fingerprint density at radius 1 is 0.456 bits per heavy atom. The number of hydrogen-bond donors (Lipinski definition) is 0. The van der Waals surface area contributed by atoms with Gasteiger partial charge >= 0.3 is 0 Å². The summed E-state index contributed by atoms with van der Waals surface area (Å²) >= 11 is 6.69. The largest absolute Gasteiger partial charge is 0.457 e. The highest BCUT2D eigenvalue weighted by Crippen LogP contribution is 2.38. The molecule has 2 aromatic heterocycles. The van der Waals surface area contributed by atoms with Gasteiger partial charge in [0.15, 0.2) is 8.07 Å². The second-order valence-corrected chi connectivity index (χ2v) is 19.1. The third-order valence-electron chi connectivity index (χ3n) is 12.0. The average Bonchev–Trinajstić information content (AvgIpc) is 3.81. The lowest BCUT2D eigenvalue weighted by Gasteiger charge is -2.39. The fourth-order valence-corrected chi connectivity index (χ4v) is 14.6. The Morgan fingerprint density at radius 3 is 1.93 bits per heavy atom. The van der Waals surface area contributed by atoms with E-state index in [1.54, 1.807) is 0 Å². The molecule has 0 bridgehead atoms. The van der Waals surface area contributed by atoms with Crippen molar-refractivity contribution in [2.45, 2.75) is 0 Å². The van der Waals surface area contributed by atoms with Crippen molar-refractivity contribution in [3.8, 4) is 28.3 Å². The molecule has 0 spiro atoms. The van der Waals surface area contributed by atoms with Gasteiger partial charge in [-0.15, -0.1) is 0 Å². The maximum absolute atomic E-state index is 6.69. The quantitative estimate of drug-likeness (QED) is 0.167. The van der Waals surface area contributed by atoms with Crippen LogP contribution >= 0.6 is 11.6 Å². The smallest absolute Gasteiger partial charge is 0.188 e. The van der Waals surface area contributed by atoms with Gasteiger partial charge in [-0.05, 0) is 97.2 Å². The van der Waals surface area contributed by atoms with Crippen LogP contribution in [0.4, 0.5) is 0 Å². The van der Waals surface area contributed by atoms with Gasteiger partial charge in [-0.3, -0.25) is 0 Å². The van der Waals surface area contributed by atoms with E-state index < -0.39 is 8.07 Å². The van der Waals surface area contributed by atoms with Crippen LogP contribution in [-0.2, 0) is 0 Å². The number of benzene rings is 9. The number of halogens is 1. The summed E-state index contributed by atoms with van der Waals surface area (Å²) < 4.78 is 15.3. The number of nitrogens with zero attached hydrogens (tertiary/aromatic N) is 1. The molecular formula is C52H32ClNO2Si. The first-order chi connectivity index (χ1) is 28.1. The summed E-state index contributed by atoms with van der Waals surface area (Å²) in [5.41, 5.74) is 7.65. The molecule has 12 rings (SSSR count). The van der Waals surface area contributed by atoms with Crippen LogP contribution in [0.1, 0.15) is 0 Å². The number of para-hydroxylation sites is 4. The van der Waals surface area contributed by atoms with E-state index in [1.807, 2.05) is 24.3 Å². The molecule has 1 aliphatic rings. The Hall–Kier alpha value is -6.85. The Labute approximate surface area is 334 Å². The first-order valence-corrected chi connectivity index (χ1v) is 21.6. The molecule has 0 N–H and O–H groups in total. The summed E-state index contributed by atoms with van der Waals surface area (Å²) in [7, 11) is -2.97. The Kier molecular flexibility index (Phi) is 7.00. The Balaban J connectivity index is 1.07. The van der Waals surface area contributed by atoms with E-state index in [9.17, 15) is 0 Å². The van der Waals surface area contributed by atoms with Crippen molar-refractivity contribution in [2.75, 3.05) is 0 Å². The normalized spacial score (nSPS) is 15.0. The first kappa shape index (κ1) is 32.4. The SMILES string of the molecule is Clc1ccc2c(c1)Oc1ccccc1[Si]2(c1ccc(-c2cccc3oc4ccccc4c23)cc1)c1ccc2cc(-n3c4ccccc4c4ccccc43)ccc2c1. The highest BCUT2D eigenvalue weighted by Gasteiger charge is 2.48. The van der Waals surface area contributed by atoms with Gasteiger partial charge in [-0.2, -0.15) is 0 Å². The highest BCUT2D eigenvalue weighted by molar-refractivity contribution is 7.20. The van der Waals surface area contributed by atoms with E-state index in [0.717, 1.165) is 50.3 Å². The molecule has 0 saturated carbocycles. The van der Waals surface area contributed by atoms with Crippen LogP contribution in [0.25, 0.3) is 71.3 Å². The molecule has 1 aliphatic heterocycles. The predicted molar refractivity (Wildman–Crippen MR) is 240 cm³/mol. The minimum atomic E-state index is -2.97. The predicted octanol–water partition coefficient (Wildman–Crippen LogP) is 11.6. The van der Waals surface area contributed by atoms with Gasteiger partial charge in [0.2, 0.25) is 0 Å². The number of aromatic nitrogens is 1. The Bertz CT molecular complexity index is 3360. The minimum Gasteiger partial charge on any atom is -0.457 e. The lowest BCUT2D eigenvalue weighted by Crippen LogP contribution is -2.76. The zero-order valence-electron chi connectivity index (χ0n) is 30.6. The summed E-state index contributed by atoms with van der Waals surface area (Å²) in [5, 5.41) is 12.8. The lowest BCUT2D eigenvalue weighted by atomic mass is 9.99.